The van der Waals surface area contributed by atoms with Crippen LogP contribution in [0.25, 0.3) is 33.3 Å². The van der Waals surface area contributed by atoms with Crippen LogP contribution in [0.15, 0.2) is 84.2 Å². The van der Waals surface area contributed by atoms with Gasteiger partial charge in [-0.2, -0.15) is 0 Å². The number of halogens is 1. The van der Waals surface area contributed by atoms with Gasteiger partial charge in [0.15, 0.2) is 0 Å². The monoisotopic (exact) mass is 512 g/mol. The van der Waals surface area contributed by atoms with Crippen molar-refractivity contribution >= 4 is 50.7 Å². The molecule has 7 heteroatoms. The second kappa shape index (κ2) is 9.93. The zero-order valence-electron chi connectivity index (χ0n) is 19.5. The van der Waals surface area contributed by atoms with Crippen LogP contribution in [-0.4, -0.2) is 24.0 Å². The number of esters is 1. The number of amides is 1. The van der Waals surface area contributed by atoms with Gasteiger partial charge >= 0.3 is 5.97 Å². The van der Waals surface area contributed by atoms with E-state index in [0.29, 0.717) is 32.2 Å². The molecule has 0 atom stereocenters. The van der Waals surface area contributed by atoms with Gasteiger partial charge in [0.2, 0.25) is 0 Å². The van der Waals surface area contributed by atoms with Crippen LogP contribution in [0.4, 0.5) is 5.00 Å². The molecule has 1 N–H and O–H groups in total. The molecule has 5 aromatic rings. The summed E-state index contributed by atoms with van der Waals surface area (Å²) in [7, 11) is 1.32. The summed E-state index contributed by atoms with van der Waals surface area (Å²) < 4.78 is 5.06. The molecule has 0 radical (unpaired) electrons. The van der Waals surface area contributed by atoms with Crippen LogP contribution in [-0.2, 0) is 4.74 Å². The van der Waals surface area contributed by atoms with E-state index in [0.717, 1.165) is 27.8 Å². The second-order valence-electron chi connectivity index (χ2n) is 8.15. The van der Waals surface area contributed by atoms with E-state index < -0.39 is 5.97 Å². The lowest BCUT2D eigenvalue weighted by molar-refractivity contribution is 0.0603. The van der Waals surface area contributed by atoms with E-state index in [1.165, 1.54) is 18.4 Å². The van der Waals surface area contributed by atoms with Gasteiger partial charge in [-0.25, -0.2) is 9.78 Å². The number of nitrogens with zero attached hydrogens (tertiary/aromatic N) is 1. The summed E-state index contributed by atoms with van der Waals surface area (Å²) in [5, 5.41) is 6.56. The highest BCUT2D eigenvalue weighted by Crippen LogP contribution is 2.38. The Morgan fingerprint density at radius 1 is 0.889 bits per heavy atom. The fraction of sp³-hybridized carbons (Fsp3) is 0.0690. The lowest BCUT2D eigenvalue weighted by Gasteiger charge is -2.15. The number of nitrogens with one attached hydrogen (secondary N) is 1. The molecule has 1 amide bonds. The van der Waals surface area contributed by atoms with Crippen molar-refractivity contribution in [1.29, 1.82) is 0 Å². The summed E-state index contributed by atoms with van der Waals surface area (Å²) in [6.45, 7) is 1.89. The molecule has 0 aliphatic heterocycles. The Bertz CT molecular complexity index is 1590. The summed E-state index contributed by atoms with van der Waals surface area (Å²) >= 11 is 7.31. The maximum absolute atomic E-state index is 13.8. The van der Waals surface area contributed by atoms with Crippen molar-refractivity contribution in [2.45, 2.75) is 6.92 Å². The molecule has 36 heavy (non-hydrogen) atoms. The third kappa shape index (κ3) is 4.37. The van der Waals surface area contributed by atoms with Crippen molar-refractivity contribution in [2.75, 3.05) is 12.4 Å². The highest BCUT2D eigenvalue weighted by molar-refractivity contribution is 7.15. The smallest absolute Gasteiger partial charge is 0.341 e. The quantitative estimate of drug-likeness (QED) is 0.246. The molecule has 0 saturated heterocycles. The van der Waals surface area contributed by atoms with Gasteiger partial charge in [0.05, 0.1) is 23.9 Å². The molecule has 0 saturated carbocycles. The number of pyridine rings is 1. The number of fused-ring (bicyclic) bond motifs is 1. The molecule has 0 aliphatic carbocycles. The van der Waals surface area contributed by atoms with E-state index in [9.17, 15) is 9.59 Å². The number of hydrogen-bond acceptors (Lipinski definition) is 5. The summed E-state index contributed by atoms with van der Waals surface area (Å²) in [6, 6.07) is 24.5. The molecule has 0 aliphatic rings. The predicted molar refractivity (Wildman–Crippen MR) is 146 cm³/mol. The van der Waals surface area contributed by atoms with Crippen molar-refractivity contribution in [2.24, 2.45) is 0 Å². The van der Waals surface area contributed by atoms with Gasteiger partial charge in [-0.3, -0.25) is 4.79 Å². The molecule has 0 unspecified atom stereocenters. The summed E-state index contributed by atoms with van der Waals surface area (Å²) in [5.74, 6) is -0.851. The van der Waals surface area contributed by atoms with Crippen LogP contribution in [0.1, 0.15) is 26.3 Å². The van der Waals surface area contributed by atoms with Gasteiger partial charge in [0.25, 0.3) is 5.91 Å². The minimum Gasteiger partial charge on any atom is -0.465 e. The number of aromatic nitrogens is 1. The van der Waals surface area contributed by atoms with Gasteiger partial charge in [0.1, 0.15) is 10.6 Å². The number of anilines is 1. The summed E-state index contributed by atoms with van der Waals surface area (Å²) in [4.78, 5) is 31.4. The number of carbonyl (C=O) groups is 2. The zero-order chi connectivity index (χ0) is 25.2. The highest BCUT2D eigenvalue weighted by atomic mass is 35.5. The number of para-hydroxylation sites is 1. The number of hydrogen-bond donors (Lipinski definition) is 1. The SMILES string of the molecule is COC(=O)c1c(-c2ccc(Cl)cc2)csc1NC(=O)c1c(C)c(-c2ccccc2)nc2ccccc12. The molecule has 2 aromatic heterocycles. The maximum atomic E-state index is 13.8. The van der Waals surface area contributed by atoms with Gasteiger partial charge in [-0.1, -0.05) is 72.3 Å². The molecule has 5 rings (SSSR count). The molecular formula is C29H21ClN2O3S. The Morgan fingerprint density at radius 3 is 2.31 bits per heavy atom. The highest BCUT2D eigenvalue weighted by Gasteiger charge is 2.25. The van der Waals surface area contributed by atoms with Gasteiger partial charge in [0, 0.05) is 26.9 Å². The Balaban J connectivity index is 1.62. The predicted octanol–water partition coefficient (Wildman–Crippen LogP) is 7.63. The number of benzene rings is 3. The van der Waals surface area contributed by atoms with Crippen molar-refractivity contribution in [3.05, 3.63) is 106 Å². The molecular weight excluding hydrogens is 492 g/mol. The molecule has 2 heterocycles. The van der Waals surface area contributed by atoms with E-state index in [-0.39, 0.29) is 5.91 Å². The standard InChI is InChI=1S/C29H21ClN2O3S/c1-17-24(21-10-6-7-11-23(21)31-26(17)19-8-4-3-5-9-19)27(33)32-28-25(29(34)35-2)22(16-36-28)18-12-14-20(30)15-13-18/h3-16H,1-2H3,(H,32,33). The molecule has 0 fully saturated rings. The van der Waals surface area contributed by atoms with Crippen LogP contribution in [0.2, 0.25) is 5.02 Å². The zero-order valence-corrected chi connectivity index (χ0v) is 21.1. The molecule has 3 aromatic carbocycles. The first kappa shape index (κ1) is 23.7. The van der Waals surface area contributed by atoms with E-state index in [1.807, 2.05) is 79.0 Å². The minimum absolute atomic E-state index is 0.303. The molecule has 0 spiro atoms. The average Bonchev–Trinajstić information content (AvgIpc) is 3.32. The second-order valence-corrected chi connectivity index (χ2v) is 9.47. The Labute approximate surface area is 217 Å². The summed E-state index contributed by atoms with van der Waals surface area (Å²) in [5.41, 5.74) is 5.41. The number of methoxy groups -OCH3 is 1. The minimum atomic E-state index is -0.530. The first-order valence-corrected chi connectivity index (χ1v) is 12.5. The molecule has 0 bridgehead atoms. The average molecular weight is 513 g/mol. The fourth-order valence-electron chi connectivity index (χ4n) is 4.24. The van der Waals surface area contributed by atoms with E-state index in [2.05, 4.69) is 5.32 Å². The van der Waals surface area contributed by atoms with E-state index in [4.69, 9.17) is 21.3 Å². The number of ether oxygens (including phenoxy) is 1. The summed E-state index contributed by atoms with van der Waals surface area (Å²) in [6.07, 6.45) is 0. The third-order valence-corrected chi connectivity index (χ3v) is 7.12. The van der Waals surface area contributed by atoms with Crippen LogP contribution < -0.4 is 5.32 Å². The normalized spacial score (nSPS) is 10.9. The van der Waals surface area contributed by atoms with Gasteiger partial charge in [-0.15, -0.1) is 11.3 Å². The molecule has 178 valence electrons. The van der Waals surface area contributed by atoms with E-state index >= 15 is 0 Å². The van der Waals surface area contributed by atoms with Gasteiger partial charge < -0.3 is 10.1 Å². The van der Waals surface area contributed by atoms with Crippen LogP contribution in [0.3, 0.4) is 0 Å². The Hall–Kier alpha value is -4.00. The van der Waals surface area contributed by atoms with Crippen LogP contribution in [0.5, 0.6) is 0 Å². The van der Waals surface area contributed by atoms with Crippen molar-refractivity contribution in [3.8, 4) is 22.4 Å². The first-order chi connectivity index (χ1) is 17.5. The van der Waals surface area contributed by atoms with Crippen molar-refractivity contribution < 1.29 is 14.3 Å². The lowest BCUT2D eigenvalue weighted by Crippen LogP contribution is -2.17. The molecule has 5 nitrogen and oxygen atoms in total. The van der Waals surface area contributed by atoms with Gasteiger partial charge in [-0.05, 0) is 36.2 Å². The number of rotatable bonds is 5. The maximum Gasteiger partial charge on any atom is 0.341 e. The van der Waals surface area contributed by atoms with Crippen molar-refractivity contribution in [1.82, 2.24) is 4.98 Å². The third-order valence-electron chi connectivity index (χ3n) is 5.97. The number of carbonyl (C=O) groups excluding carboxylic acids is 2. The first-order valence-electron chi connectivity index (χ1n) is 11.2. The Kier molecular flexibility index (Phi) is 6.55. The van der Waals surface area contributed by atoms with E-state index in [1.54, 1.807) is 12.1 Å². The topological polar surface area (TPSA) is 68.3 Å². The van der Waals surface area contributed by atoms with Crippen LogP contribution in [0, 0.1) is 6.92 Å². The Morgan fingerprint density at radius 2 is 1.58 bits per heavy atom. The van der Waals surface area contributed by atoms with Crippen LogP contribution >= 0.6 is 22.9 Å². The fourth-order valence-corrected chi connectivity index (χ4v) is 5.32. The van der Waals surface area contributed by atoms with Crippen molar-refractivity contribution in [3.63, 3.8) is 0 Å². The lowest BCUT2D eigenvalue weighted by atomic mass is 9.97. The largest absolute Gasteiger partial charge is 0.465 e. The number of thiophene rings is 1.